The lowest BCUT2D eigenvalue weighted by atomic mass is 10.3. The lowest BCUT2D eigenvalue weighted by Crippen LogP contribution is -2.32. The SMILES string of the molecule is CC[S+]([O-])c1cccnc1-c1nc2cc(C(F)(F)F)n(OC)c(=O)c2n1C. The minimum atomic E-state index is -4.80. The van der Waals surface area contributed by atoms with Crippen molar-refractivity contribution in [2.75, 3.05) is 12.9 Å². The number of alkyl halides is 3. The Balaban J connectivity index is 2.35. The van der Waals surface area contributed by atoms with E-state index in [-0.39, 0.29) is 27.3 Å². The highest BCUT2D eigenvalue weighted by atomic mass is 32.2. The van der Waals surface area contributed by atoms with Gasteiger partial charge in [-0.1, -0.05) is 0 Å². The number of hydrogen-bond acceptors (Lipinski definition) is 5. The third kappa shape index (κ3) is 3.16. The molecule has 0 saturated heterocycles. The number of fused-ring (bicyclic) bond motifs is 1. The van der Waals surface area contributed by atoms with Gasteiger partial charge >= 0.3 is 11.7 Å². The minimum absolute atomic E-state index is 0.0845. The van der Waals surface area contributed by atoms with Gasteiger partial charge in [0.05, 0.1) is 5.52 Å². The molecule has 0 fully saturated rings. The summed E-state index contributed by atoms with van der Waals surface area (Å²) < 4.78 is 53.6. The Morgan fingerprint density at radius 2 is 2.07 bits per heavy atom. The van der Waals surface area contributed by atoms with Crippen molar-refractivity contribution in [2.24, 2.45) is 7.05 Å². The molecule has 3 aromatic heterocycles. The molecular formula is C16H15F3N4O3S. The molecule has 0 saturated carbocycles. The zero-order chi connectivity index (χ0) is 19.9. The first-order valence-corrected chi connectivity index (χ1v) is 9.10. The lowest BCUT2D eigenvalue weighted by Gasteiger charge is -2.13. The normalized spacial score (nSPS) is 13.1. The maximum absolute atomic E-state index is 13.3. The first kappa shape index (κ1) is 19.2. The molecule has 0 bridgehead atoms. The molecule has 7 nitrogen and oxygen atoms in total. The number of hydrogen-bond donors (Lipinski definition) is 0. The number of nitrogens with zero attached hydrogens (tertiary/aromatic N) is 4. The molecule has 0 spiro atoms. The summed E-state index contributed by atoms with van der Waals surface area (Å²) in [6.07, 6.45) is -3.35. The van der Waals surface area contributed by atoms with E-state index in [1.54, 1.807) is 19.1 Å². The predicted molar refractivity (Wildman–Crippen MR) is 92.7 cm³/mol. The number of pyridine rings is 2. The van der Waals surface area contributed by atoms with E-state index in [1.807, 2.05) is 0 Å². The average Bonchev–Trinajstić information content (AvgIpc) is 2.97. The van der Waals surface area contributed by atoms with E-state index < -0.39 is 28.6 Å². The van der Waals surface area contributed by atoms with Crippen LogP contribution in [0.15, 0.2) is 34.1 Å². The maximum atomic E-state index is 13.3. The van der Waals surface area contributed by atoms with E-state index in [0.717, 1.165) is 13.2 Å². The van der Waals surface area contributed by atoms with Crippen molar-refractivity contribution in [3.8, 4) is 11.5 Å². The van der Waals surface area contributed by atoms with Gasteiger partial charge in [-0.05, 0) is 36.3 Å². The van der Waals surface area contributed by atoms with Gasteiger partial charge in [0, 0.05) is 13.2 Å². The quantitative estimate of drug-likeness (QED) is 0.626. The summed E-state index contributed by atoms with van der Waals surface area (Å²) in [5, 5.41) is 0. The van der Waals surface area contributed by atoms with E-state index in [0.29, 0.717) is 10.6 Å². The van der Waals surface area contributed by atoms with E-state index in [9.17, 15) is 22.5 Å². The van der Waals surface area contributed by atoms with Crippen LogP contribution in [0.4, 0.5) is 13.2 Å². The second-order valence-electron chi connectivity index (χ2n) is 5.52. The van der Waals surface area contributed by atoms with Crippen molar-refractivity contribution in [3.63, 3.8) is 0 Å². The largest absolute Gasteiger partial charge is 0.611 e. The summed E-state index contributed by atoms with van der Waals surface area (Å²) in [5.41, 5.74) is -2.27. The van der Waals surface area contributed by atoms with Crippen molar-refractivity contribution in [2.45, 2.75) is 18.0 Å². The standard InChI is InChI=1S/C16H15F3N4O3S/c1-4-27(25)10-6-5-7-20-12(10)14-21-9-8-11(16(17,18)19)23(26-3)15(24)13(9)22(14)2/h5-8H,4H2,1-3H3. The average molecular weight is 400 g/mol. The van der Waals surface area contributed by atoms with Crippen LogP contribution in [0.3, 0.4) is 0 Å². The van der Waals surface area contributed by atoms with Gasteiger partial charge in [-0.25, -0.2) is 9.97 Å². The highest BCUT2D eigenvalue weighted by molar-refractivity contribution is 7.91. The van der Waals surface area contributed by atoms with Gasteiger partial charge in [0.2, 0.25) is 0 Å². The van der Waals surface area contributed by atoms with Crippen LogP contribution in [0.1, 0.15) is 12.6 Å². The Labute approximate surface area is 154 Å². The second kappa shape index (κ2) is 6.89. The molecule has 1 unspecified atom stereocenters. The number of aryl methyl sites for hydroxylation is 1. The molecule has 0 amide bonds. The van der Waals surface area contributed by atoms with Crippen molar-refractivity contribution in [3.05, 3.63) is 40.4 Å². The first-order chi connectivity index (χ1) is 12.7. The van der Waals surface area contributed by atoms with E-state index >= 15 is 0 Å². The Bertz CT molecular complexity index is 1060. The van der Waals surface area contributed by atoms with Crippen molar-refractivity contribution >= 4 is 22.2 Å². The molecule has 3 rings (SSSR count). The fourth-order valence-electron chi connectivity index (χ4n) is 2.75. The monoisotopic (exact) mass is 400 g/mol. The summed E-state index contributed by atoms with van der Waals surface area (Å²) in [6.45, 7) is 1.73. The second-order valence-corrected chi connectivity index (χ2v) is 7.23. The van der Waals surface area contributed by atoms with Crippen LogP contribution >= 0.6 is 0 Å². The molecule has 0 aliphatic heterocycles. The Morgan fingerprint density at radius 1 is 1.37 bits per heavy atom. The van der Waals surface area contributed by atoms with Gasteiger partial charge in [0.25, 0.3) is 0 Å². The van der Waals surface area contributed by atoms with E-state index in [4.69, 9.17) is 0 Å². The Kier molecular flexibility index (Phi) is 4.91. The van der Waals surface area contributed by atoms with Crippen LogP contribution < -0.4 is 10.4 Å². The number of halogens is 3. The molecule has 0 aliphatic carbocycles. The zero-order valence-corrected chi connectivity index (χ0v) is 15.4. The van der Waals surface area contributed by atoms with Gasteiger partial charge in [0.15, 0.2) is 22.1 Å². The van der Waals surface area contributed by atoms with Gasteiger partial charge in [-0.3, -0.25) is 4.79 Å². The molecule has 3 heterocycles. The van der Waals surface area contributed by atoms with Gasteiger partial charge < -0.3 is 14.0 Å². The molecule has 144 valence electrons. The predicted octanol–water partition coefficient (Wildman–Crippen LogP) is 2.00. The minimum Gasteiger partial charge on any atom is -0.611 e. The van der Waals surface area contributed by atoms with Crippen molar-refractivity contribution in [1.82, 2.24) is 19.3 Å². The van der Waals surface area contributed by atoms with E-state index in [2.05, 4.69) is 14.8 Å². The number of aromatic nitrogens is 4. The van der Waals surface area contributed by atoms with Crippen LogP contribution in [0.2, 0.25) is 0 Å². The van der Waals surface area contributed by atoms with E-state index in [1.165, 1.54) is 17.8 Å². The molecule has 3 aromatic rings. The fraction of sp³-hybridized carbons (Fsp3) is 0.312. The maximum Gasteiger partial charge on any atom is 0.435 e. The number of rotatable bonds is 4. The summed E-state index contributed by atoms with van der Waals surface area (Å²) >= 11 is -1.37. The molecule has 11 heteroatoms. The highest BCUT2D eigenvalue weighted by Gasteiger charge is 2.37. The molecule has 27 heavy (non-hydrogen) atoms. The smallest absolute Gasteiger partial charge is 0.435 e. The van der Waals surface area contributed by atoms with Crippen LogP contribution in [0, 0.1) is 0 Å². The lowest BCUT2D eigenvalue weighted by molar-refractivity contribution is -0.151. The molecule has 0 radical (unpaired) electrons. The fourth-order valence-corrected chi connectivity index (χ4v) is 3.66. The van der Waals surface area contributed by atoms with Gasteiger partial charge in [-0.2, -0.15) is 13.2 Å². The third-order valence-electron chi connectivity index (χ3n) is 3.96. The Hall–Kier alpha value is -2.53. The topological polar surface area (TPSA) is 85.0 Å². The van der Waals surface area contributed by atoms with Crippen LogP contribution in [-0.2, 0) is 24.4 Å². The molecule has 0 aromatic carbocycles. The molecule has 0 aliphatic rings. The van der Waals surface area contributed by atoms with Gasteiger partial charge in [0.1, 0.15) is 18.4 Å². The number of imidazole rings is 1. The zero-order valence-electron chi connectivity index (χ0n) is 14.6. The summed E-state index contributed by atoms with van der Waals surface area (Å²) in [6, 6.07) is 3.95. The van der Waals surface area contributed by atoms with Crippen LogP contribution in [-0.4, -0.2) is 36.7 Å². The summed E-state index contributed by atoms with van der Waals surface area (Å²) in [7, 11) is 2.45. The van der Waals surface area contributed by atoms with Crippen LogP contribution in [0.5, 0.6) is 0 Å². The summed E-state index contributed by atoms with van der Waals surface area (Å²) in [4.78, 5) is 25.9. The highest BCUT2D eigenvalue weighted by Crippen LogP contribution is 2.32. The van der Waals surface area contributed by atoms with Crippen molar-refractivity contribution < 1.29 is 22.6 Å². The molecular weight excluding hydrogens is 385 g/mol. The van der Waals surface area contributed by atoms with Gasteiger partial charge in [-0.15, -0.1) is 4.73 Å². The van der Waals surface area contributed by atoms with Crippen LogP contribution in [0.25, 0.3) is 22.6 Å². The summed E-state index contributed by atoms with van der Waals surface area (Å²) in [5.74, 6) is 0.471. The molecule has 1 atom stereocenters. The molecule has 0 N–H and O–H groups in total. The Morgan fingerprint density at radius 3 is 2.67 bits per heavy atom. The third-order valence-corrected chi connectivity index (χ3v) is 5.31. The van der Waals surface area contributed by atoms with Crippen molar-refractivity contribution in [1.29, 1.82) is 0 Å². The first-order valence-electron chi connectivity index (χ1n) is 7.78.